The average molecular weight is 441 g/mol. The lowest BCUT2D eigenvalue weighted by molar-refractivity contribution is -0.122. The third-order valence-corrected chi connectivity index (χ3v) is 5.78. The van der Waals surface area contributed by atoms with Crippen molar-refractivity contribution in [2.75, 3.05) is 19.7 Å². The highest BCUT2D eigenvalue weighted by molar-refractivity contribution is 5.94. The van der Waals surface area contributed by atoms with E-state index in [1.807, 2.05) is 12.1 Å². The number of benzene rings is 2. The Kier molecular flexibility index (Phi) is 7.89. The van der Waals surface area contributed by atoms with E-state index in [0.717, 1.165) is 18.6 Å². The van der Waals surface area contributed by atoms with E-state index >= 15 is 0 Å². The molecule has 2 aromatic rings. The molecule has 0 radical (unpaired) electrons. The minimum atomic E-state index is -0.355. The van der Waals surface area contributed by atoms with Gasteiger partial charge in [-0.1, -0.05) is 32.9 Å². The van der Waals surface area contributed by atoms with Crippen LogP contribution in [0.15, 0.2) is 48.5 Å². The minimum absolute atomic E-state index is 0.0139. The van der Waals surface area contributed by atoms with Gasteiger partial charge in [-0.3, -0.25) is 9.59 Å². The van der Waals surface area contributed by atoms with E-state index in [1.54, 1.807) is 4.90 Å². The number of amides is 2. The summed E-state index contributed by atoms with van der Waals surface area (Å²) in [7, 11) is 0. The van der Waals surface area contributed by atoms with Gasteiger partial charge in [-0.25, -0.2) is 4.39 Å². The molecule has 0 spiro atoms. The van der Waals surface area contributed by atoms with Crippen molar-refractivity contribution in [3.63, 3.8) is 0 Å². The number of hydrogen-bond acceptors (Lipinski definition) is 3. The second kappa shape index (κ2) is 10.6. The second-order valence-corrected chi connectivity index (χ2v) is 9.37. The van der Waals surface area contributed by atoms with E-state index in [4.69, 9.17) is 4.74 Å². The van der Waals surface area contributed by atoms with Crippen molar-refractivity contribution in [1.29, 1.82) is 0 Å². The summed E-state index contributed by atoms with van der Waals surface area (Å²) in [6.07, 6.45) is 2.49. The van der Waals surface area contributed by atoms with Crippen LogP contribution in [-0.4, -0.2) is 42.5 Å². The van der Waals surface area contributed by atoms with Gasteiger partial charge in [0.25, 0.3) is 5.91 Å². The SMILES string of the molecule is CC(C)(C)c1ccc(OCCCC(=O)NC2CCN(C(=O)c3ccc(F)cc3)CC2)cc1. The Morgan fingerprint density at radius 1 is 1.03 bits per heavy atom. The van der Waals surface area contributed by atoms with Gasteiger partial charge in [0.05, 0.1) is 6.61 Å². The molecule has 1 aliphatic rings. The van der Waals surface area contributed by atoms with Crippen LogP contribution in [0.3, 0.4) is 0 Å². The molecule has 1 heterocycles. The van der Waals surface area contributed by atoms with E-state index in [2.05, 4.69) is 38.2 Å². The zero-order chi connectivity index (χ0) is 23.1. The summed E-state index contributed by atoms with van der Waals surface area (Å²) in [6, 6.07) is 13.8. The van der Waals surface area contributed by atoms with Crippen molar-refractivity contribution < 1.29 is 18.7 Å². The van der Waals surface area contributed by atoms with Gasteiger partial charge in [0.15, 0.2) is 0 Å². The van der Waals surface area contributed by atoms with Crippen molar-refractivity contribution in [3.8, 4) is 5.75 Å². The molecule has 5 nitrogen and oxygen atoms in total. The topological polar surface area (TPSA) is 58.6 Å². The maximum absolute atomic E-state index is 13.0. The normalized spacial score (nSPS) is 14.8. The Morgan fingerprint density at radius 2 is 1.66 bits per heavy atom. The lowest BCUT2D eigenvalue weighted by Crippen LogP contribution is -2.46. The molecule has 6 heteroatoms. The van der Waals surface area contributed by atoms with Crippen LogP contribution in [0, 0.1) is 5.82 Å². The zero-order valence-electron chi connectivity index (χ0n) is 19.2. The van der Waals surface area contributed by atoms with E-state index in [-0.39, 0.29) is 29.1 Å². The van der Waals surface area contributed by atoms with Crippen LogP contribution in [0.1, 0.15) is 62.4 Å². The van der Waals surface area contributed by atoms with Crippen LogP contribution in [-0.2, 0) is 10.2 Å². The molecule has 1 N–H and O–H groups in total. The third kappa shape index (κ3) is 6.81. The molecule has 0 aliphatic carbocycles. The first kappa shape index (κ1) is 23.8. The van der Waals surface area contributed by atoms with Gasteiger partial charge < -0.3 is 15.0 Å². The smallest absolute Gasteiger partial charge is 0.253 e. The third-order valence-electron chi connectivity index (χ3n) is 5.78. The van der Waals surface area contributed by atoms with Crippen LogP contribution in [0.2, 0.25) is 0 Å². The fourth-order valence-corrected chi connectivity index (χ4v) is 3.78. The number of carbonyl (C=O) groups excluding carboxylic acids is 2. The lowest BCUT2D eigenvalue weighted by atomic mass is 9.87. The molecule has 3 rings (SSSR count). The van der Waals surface area contributed by atoms with E-state index in [9.17, 15) is 14.0 Å². The number of nitrogens with one attached hydrogen (secondary N) is 1. The summed E-state index contributed by atoms with van der Waals surface area (Å²) in [5, 5.41) is 3.07. The molecule has 0 saturated carbocycles. The molecule has 1 saturated heterocycles. The summed E-state index contributed by atoms with van der Waals surface area (Å²) < 4.78 is 18.8. The number of rotatable bonds is 7. The molecule has 1 aliphatic heterocycles. The number of ether oxygens (including phenoxy) is 1. The van der Waals surface area contributed by atoms with Gasteiger partial charge in [0, 0.05) is 31.1 Å². The van der Waals surface area contributed by atoms with Crippen LogP contribution >= 0.6 is 0 Å². The predicted octanol–water partition coefficient (Wildman–Crippen LogP) is 4.70. The molecule has 172 valence electrons. The summed E-state index contributed by atoms with van der Waals surface area (Å²) in [5.74, 6) is 0.380. The summed E-state index contributed by atoms with van der Waals surface area (Å²) >= 11 is 0. The molecule has 32 heavy (non-hydrogen) atoms. The van der Waals surface area contributed by atoms with Gasteiger partial charge in [-0.05, 0) is 66.6 Å². The van der Waals surface area contributed by atoms with Crippen LogP contribution < -0.4 is 10.1 Å². The van der Waals surface area contributed by atoms with Crippen molar-refractivity contribution in [3.05, 3.63) is 65.5 Å². The van der Waals surface area contributed by atoms with E-state index in [0.29, 0.717) is 38.1 Å². The Hall–Kier alpha value is -2.89. The Bertz CT molecular complexity index is 896. The van der Waals surface area contributed by atoms with Crippen LogP contribution in [0.5, 0.6) is 5.75 Å². The minimum Gasteiger partial charge on any atom is -0.494 e. The second-order valence-electron chi connectivity index (χ2n) is 9.37. The highest BCUT2D eigenvalue weighted by Gasteiger charge is 2.24. The molecular weight excluding hydrogens is 407 g/mol. The van der Waals surface area contributed by atoms with Crippen molar-refractivity contribution in [2.24, 2.45) is 0 Å². The molecule has 0 aromatic heterocycles. The van der Waals surface area contributed by atoms with Gasteiger partial charge in [-0.2, -0.15) is 0 Å². The molecular formula is C26H33FN2O3. The Morgan fingerprint density at radius 3 is 2.25 bits per heavy atom. The van der Waals surface area contributed by atoms with Gasteiger partial charge in [-0.15, -0.1) is 0 Å². The van der Waals surface area contributed by atoms with Gasteiger partial charge >= 0.3 is 0 Å². The molecule has 1 fully saturated rings. The van der Waals surface area contributed by atoms with Crippen molar-refractivity contribution in [2.45, 2.75) is 57.9 Å². The fraction of sp³-hybridized carbons (Fsp3) is 0.462. The summed E-state index contributed by atoms with van der Waals surface area (Å²) in [4.78, 5) is 26.5. The van der Waals surface area contributed by atoms with Crippen molar-refractivity contribution in [1.82, 2.24) is 10.2 Å². The van der Waals surface area contributed by atoms with E-state index < -0.39 is 0 Å². The molecule has 0 atom stereocenters. The Balaban J connectivity index is 1.33. The summed E-state index contributed by atoms with van der Waals surface area (Å²) in [5.41, 5.74) is 1.86. The monoisotopic (exact) mass is 440 g/mol. The van der Waals surface area contributed by atoms with E-state index in [1.165, 1.54) is 29.8 Å². The first-order valence-electron chi connectivity index (χ1n) is 11.3. The average Bonchev–Trinajstić information content (AvgIpc) is 2.77. The number of halogens is 1. The number of hydrogen-bond donors (Lipinski definition) is 1. The van der Waals surface area contributed by atoms with Crippen LogP contribution in [0.25, 0.3) is 0 Å². The highest BCUT2D eigenvalue weighted by atomic mass is 19.1. The number of nitrogens with zero attached hydrogens (tertiary/aromatic N) is 1. The molecule has 0 bridgehead atoms. The summed E-state index contributed by atoms with van der Waals surface area (Å²) in [6.45, 7) is 8.18. The van der Waals surface area contributed by atoms with Crippen molar-refractivity contribution >= 4 is 11.8 Å². The zero-order valence-corrected chi connectivity index (χ0v) is 19.2. The maximum atomic E-state index is 13.0. The number of piperidine rings is 1. The molecule has 2 amide bonds. The predicted molar refractivity (Wildman–Crippen MR) is 123 cm³/mol. The van der Waals surface area contributed by atoms with Gasteiger partial charge in [0.2, 0.25) is 5.91 Å². The fourth-order valence-electron chi connectivity index (χ4n) is 3.78. The number of carbonyl (C=O) groups is 2. The molecule has 2 aromatic carbocycles. The lowest BCUT2D eigenvalue weighted by Gasteiger charge is -2.32. The van der Waals surface area contributed by atoms with Crippen LogP contribution in [0.4, 0.5) is 4.39 Å². The first-order chi connectivity index (χ1) is 15.2. The van der Waals surface area contributed by atoms with Gasteiger partial charge in [0.1, 0.15) is 11.6 Å². The maximum Gasteiger partial charge on any atom is 0.253 e. The quantitative estimate of drug-likeness (QED) is 0.635. The highest BCUT2D eigenvalue weighted by Crippen LogP contribution is 2.24. The number of likely N-dealkylation sites (tertiary alicyclic amines) is 1. The largest absolute Gasteiger partial charge is 0.494 e. The standard InChI is InChI=1S/C26H33FN2O3/c1-26(2,3)20-8-12-23(13-9-20)32-18-4-5-24(30)28-22-14-16-29(17-15-22)25(31)19-6-10-21(27)11-7-19/h6-13,22H,4-5,14-18H2,1-3H3,(H,28,30). The molecule has 0 unspecified atom stereocenters. The first-order valence-corrected chi connectivity index (χ1v) is 11.3. The Labute approximate surface area is 190 Å².